The summed E-state index contributed by atoms with van der Waals surface area (Å²) < 4.78 is 0. The standard InChI is InChI=1S/C13H25N3.HI/c1-4-14-12(15-9-10-6-5-7-10)16-11-8-13(11,2)3;/h10-11H,4-9H2,1-3H3,(H2,14,15,16);1H. The van der Waals surface area contributed by atoms with Gasteiger partial charge in [0.15, 0.2) is 5.96 Å². The number of rotatable bonds is 4. The van der Waals surface area contributed by atoms with E-state index in [1.807, 2.05) is 0 Å². The Bertz CT molecular complexity index is 272. The molecule has 0 radical (unpaired) electrons. The lowest BCUT2D eigenvalue weighted by molar-refractivity contribution is 0.325. The van der Waals surface area contributed by atoms with Crippen LogP contribution in [0.5, 0.6) is 0 Å². The molecule has 2 saturated carbocycles. The Morgan fingerprint density at radius 1 is 1.35 bits per heavy atom. The summed E-state index contributed by atoms with van der Waals surface area (Å²) in [6.07, 6.45) is 5.41. The molecule has 0 heterocycles. The van der Waals surface area contributed by atoms with Crippen LogP contribution in [0, 0.1) is 11.3 Å². The van der Waals surface area contributed by atoms with Gasteiger partial charge in [-0.3, -0.25) is 4.99 Å². The molecule has 0 aromatic carbocycles. The predicted octanol–water partition coefficient (Wildman–Crippen LogP) is 2.76. The average Bonchev–Trinajstić information content (AvgIpc) is 2.71. The minimum absolute atomic E-state index is 0. The zero-order valence-corrected chi connectivity index (χ0v) is 13.6. The Kier molecular flexibility index (Phi) is 5.54. The molecule has 0 amide bonds. The lowest BCUT2D eigenvalue weighted by atomic mass is 9.86. The molecule has 0 aromatic heterocycles. The smallest absolute Gasteiger partial charge is 0.191 e. The first-order chi connectivity index (χ1) is 7.62. The first-order valence-corrected chi connectivity index (χ1v) is 6.66. The molecule has 17 heavy (non-hydrogen) atoms. The van der Waals surface area contributed by atoms with Crippen molar-refractivity contribution in [3.63, 3.8) is 0 Å². The minimum atomic E-state index is 0. The van der Waals surface area contributed by atoms with E-state index in [0.717, 1.165) is 25.0 Å². The van der Waals surface area contributed by atoms with Gasteiger partial charge in [-0.05, 0) is 37.5 Å². The van der Waals surface area contributed by atoms with E-state index in [0.29, 0.717) is 11.5 Å². The van der Waals surface area contributed by atoms with Gasteiger partial charge in [0.05, 0.1) is 0 Å². The second kappa shape index (κ2) is 6.25. The highest BCUT2D eigenvalue weighted by atomic mass is 127. The lowest BCUT2D eigenvalue weighted by Gasteiger charge is -2.23. The number of nitrogens with zero attached hydrogens (tertiary/aromatic N) is 1. The van der Waals surface area contributed by atoms with Crippen molar-refractivity contribution in [2.45, 2.75) is 52.5 Å². The average molecular weight is 351 g/mol. The van der Waals surface area contributed by atoms with Crippen molar-refractivity contribution < 1.29 is 0 Å². The molecule has 0 aliphatic heterocycles. The minimum Gasteiger partial charge on any atom is -0.357 e. The van der Waals surface area contributed by atoms with E-state index in [9.17, 15) is 0 Å². The number of guanidine groups is 1. The summed E-state index contributed by atoms with van der Waals surface area (Å²) in [5.41, 5.74) is 0.465. The number of aliphatic imine (C=N–C) groups is 1. The molecule has 0 spiro atoms. The Hall–Kier alpha value is 0. The molecular weight excluding hydrogens is 325 g/mol. The van der Waals surface area contributed by atoms with Gasteiger partial charge in [-0.1, -0.05) is 20.3 Å². The molecular formula is C13H26IN3. The van der Waals surface area contributed by atoms with E-state index in [2.05, 4.69) is 36.4 Å². The van der Waals surface area contributed by atoms with E-state index < -0.39 is 0 Å². The van der Waals surface area contributed by atoms with Gasteiger partial charge < -0.3 is 10.6 Å². The molecule has 0 aromatic rings. The van der Waals surface area contributed by atoms with Gasteiger partial charge in [0.1, 0.15) is 0 Å². The molecule has 3 nitrogen and oxygen atoms in total. The highest BCUT2D eigenvalue weighted by Gasteiger charge is 2.46. The van der Waals surface area contributed by atoms with Crippen LogP contribution >= 0.6 is 24.0 Å². The van der Waals surface area contributed by atoms with Gasteiger partial charge in [0, 0.05) is 19.1 Å². The first-order valence-electron chi connectivity index (χ1n) is 6.66. The summed E-state index contributed by atoms with van der Waals surface area (Å²) in [4.78, 5) is 4.68. The van der Waals surface area contributed by atoms with Gasteiger partial charge in [0.25, 0.3) is 0 Å². The quantitative estimate of drug-likeness (QED) is 0.464. The molecule has 4 heteroatoms. The Labute approximate surface area is 122 Å². The van der Waals surface area contributed by atoms with Gasteiger partial charge in [0.2, 0.25) is 0 Å². The summed E-state index contributed by atoms with van der Waals surface area (Å²) in [6.45, 7) is 8.69. The SMILES string of the molecule is CCNC(=NCC1CCC1)NC1CC1(C)C.I. The highest BCUT2D eigenvalue weighted by molar-refractivity contribution is 14.0. The number of nitrogens with one attached hydrogen (secondary N) is 2. The Morgan fingerprint density at radius 3 is 2.41 bits per heavy atom. The summed E-state index contributed by atoms with van der Waals surface area (Å²) in [5.74, 6) is 1.87. The molecule has 2 aliphatic carbocycles. The third-order valence-electron chi connectivity index (χ3n) is 3.90. The summed E-state index contributed by atoms with van der Waals surface area (Å²) >= 11 is 0. The molecule has 100 valence electrons. The molecule has 0 bridgehead atoms. The van der Waals surface area contributed by atoms with Gasteiger partial charge >= 0.3 is 0 Å². The number of hydrogen-bond acceptors (Lipinski definition) is 1. The Morgan fingerprint density at radius 2 is 2.00 bits per heavy atom. The molecule has 2 N–H and O–H groups in total. The van der Waals surface area contributed by atoms with Crippen molar-refractivity contribution >= 4 is 29.9 Å². The fourth-order valence-corrected chi connectivity index (χ4v) is 2.09. The monoisotopic (exact) mass is 351 g/mol. The zero-order chi connectivity index (χ0) is 11.6. The van der Waals surface area contributed by atoms with Crippen LogP contribution in [0.15, 0.2) is 4.99 Å². The molecule has 1 atom stereocenters. The van der Waals surface area contributed by atoms with Crippen LogP contribution in [0.2, 0.25) is 0 Å². The molecule has 2 fully saturated rings. The fraction of sp³-hybridized carbons (Fsp3) is 0.923. The van der Waals surface area contributed by atoms with Gasteiger partial charge in [-0.2, -0.15) is 0 Å². The van der Waals surface area contributed by atoms with E-state index in [-0.39, 0.29) is 24.0 Å². The fourth-order valence-electron chi connectivity index (χ4n) is 2.09. The maximum atomic E-state index is 4.68. The summed E-state index contributed by atoms with van der Waals surface area (Å²) in [7, 11) is 0. The second-order valence-electron chi connectivity index (χ2n) is 5.91. The maximum Gasteiger partial charge on any atom is 0.191 e. The van der Waals surface area contributed by atoms with Crippen LogP contribution in [-0.4, -0.2) is 25.1 Å². The maximum absolute atomic E-state index is 4.68. The summed E-state index contributed by atoms with van der Waals surface area (Å²) in [6, 6.07) is 0.617. The van der Waals surface area contributed by atoms with E-state index in [1.54, 1.807) is 0 Å². The van der Waals surface area contributed by atoms with E-state index in [4.69, 9.17) is 0 Å². The lowest BCUT2D eigenvalue weighted by Crippen LogP contribution is -2.40. The molecule has 2 rings (SSSR count). The van der Waals surface area contributed by atoms with Crippen molar-refractivity contribution in [3.8, 4) is 0 Å². The predicted molar refractivity (Wildman–Crippen MR) is 84.1 cm³/mol. The van der Waals surface area contributed by atoms with Crippen LogP contribution in [0.3, 0.4) is 0 Å². The molecule has 0 saturated heterocycles. The largest absolute Gasteiger partial charge is 0.357 e. The second-order valence-corrected chi connectivity index (χ2v) is 5.91. The topological polar surface area (TPSA) is 36.4 Å². The van der Waals surface area contributed by atoms with Crippen LogP contribution in [0.4, 0.5) is 0 Å². The first kappa shape index (κ1) is 15.1. The van der Waals surface area contributed by atoms with Gasteiger partial charge in [-0.25, -0.2) is 0 Å². The van der Waals surface area contributed by atoms with Crippen molar-refractivity contribution in [1.29, 1.82) is 0 Å². The summed E-state index contributed by atoms with van der Waals surface area (Å²) in [5, 5.41) is 6.86. The molecule has 2 aliphatic rings. The molecule has 1 unspecified atom stereocenters. The van der Waals surface area contributed by atoms with Crippen molar-refractivity contribution in [3.05, 3.63) is 0 Å². The Balaban J connectivity index is 0.00000144. The van der Waals surface area contributed by atoms with Crippen molar-refractivity contribution in [1.82, 2.24) is 10.6 Å². The number of halogens is 1. The van der Waals surface area contributed by atoms with Crippen LogP contribution in [-0.2, 0) is 0 Å². The van der Waals surface area contributed by atoms with E-state index >= 15 is 0 Å². The highest BCUT2D eigenvalue weighted by Crippen LogP contribution is 2.44. The number of hydrogen-bond donors (Lipinski definition) is 2. The van der Waals surface area contributed by atoms with E-state index in [1.165, 1.54) is 25.7 Å². The van der Waals surface area contributed by atoms with Crippen molar-refractivity contribution in [2.24, 2.45) is 16.3 Å². The normalized spacial score (nSPS) is 26.8. The van der Waals surface area contributed by atoms with Crippen LogP contribution < -0.4 is 10.6 Å². The third kappa shape index (κ3) is 4.30. The zero-order valence-electron chi connectivity index (χ0n) is 11.3. The van der Waals surface area contributed by atoms with Crippen molar-refractivity contribution in [2.75, 3.05) is 13.1 Å². The van der Waals surface area contributed by atoms with Gasteiger partial charge in [-0.15, -0.1) is 24.0 Å². The third-order valence-corrected chi connectivity index (χ3v) is 3.90. The van der Waals surface area contributed by atoms with Crippen LogP contribution in [0.25, 0.3) is 0 Å². The van der Waals surface area contributed by atoms with Crippen LogP contribution in [0.1, 0.15) is 46.5 Å².